The van der Waals surface area contributed by atoms with Crippen LogP contribution >= 0.6 is 23.2 Å². The second-order valence-electron chi connectivity index (χ2n) is 4.66. The Bertz CT molecular complexity index is 977. The Balaban J connectivity index is 1.96. The molecule has 0 unspecified atom stereocenters. The Morgan fingerprint density at radius 3 is 2.86 bits per heavy atom. The highest BCUT2D eigenvalue weighted by Gasteiger charge is 2.19. The summed E-state index contributed by atoms with van der Waals surface area (Å²) in [6, 6.07) is 5.44. The lowest BCUT2D eigenvalue weighted by Crippen LogP contribution is -1.83. The Kier molecular flexibility index (Phi) is 3.10. The number of benzene rings is 1. The third kappa shape index (κ3) is 1.98. The molecule has 7 heteroatoms. The SMILES string of the molecule is Clc1cccc(-c2cnoc2-c2c[nH]c3ncncc23)c1Cl. The summed E-state index contributed by atoms with van der Waals surface area (Å²) in [6.45, 7) is 0. The Hall–Kier alpha value is -2.37. The summed E-state index contributed by atoms with van der Waals surface area (Å²) in [7, 11) is 0. The molecule has 0 saturated carbocycles. The van der Waals surface area contributed by atoms with Crippen molar-refractivity contribution in [2.24, 2.45) is 0 Å². The van der Waals surface area contributed by atoms with Gasteiger partial charge in [0.2, 0.25) is 0 Å². The molecule has 0 radical (unpaired) electrons. The quantitative estimate of drug-likeness (QED) is 0.583. The highest BCUT2D eigenvalue weighted by atomic mass is 35.5. The van der Waals surface area contributed by atoms with Crippen molar-refractivity contribution in [3.63, 3.8) is 0 Å². The van der Waals surface area contributed by atoms with Crippen LogP contribution in [0.3, 0.4) is 0 Å². The predicted molar refractivity (Wildman–Crippen MR) is 84.8 cm³/mol. The Morgan fingerprint density at radius 1 is 1.05 bits per heavy atom. The molecule has 0 aliphatic heterocycles. The van der Waals surface area contributed by atoms with Crippen molar-refractivity contribution < 1.29 is 4.52 Å². The van der Waals surface area contributed by atoms with Gasteiger partial charge in [0.1, 0.15) is 12.0 Å². The first-order valence-electron chi connectivity index (χ1n) is 6.42. The van der Waals surface area contributed by atoms with Crippen molar-refractivity contribution in [3.05, 3.63) is 53.2 Å². The zero-order valence-electron chi connectivity index (χ0n) is 11.0. The van der Waals surface area contributed by atoms with Gasteiger partial charge in [-0.2, -0.15) is 0 Å². The van der Waals surface area contributed by atoms with Gasteiger partial charge in [-0.05, 0) is 6.07 Å². The van der Waals surface area contributed by atoms with E-state index < -0.39 is 0 Å². The number of rotatable bonds is 2. The molecule has 1 aromatic carbocycles. The van der Waals surface area contributed by atoms with Crippen LogP contribution in [0, 0.1) is 0 Å². The van der Waals surface area contributed by atoms with Crippen molar-refractivity contribution in [1.82, 2.24) is 20.1 Å². The summed E-state index contributed by atoms with van der Waals surface area (Å²) >= 11 is 12.4. The van der Waals surface area contributed by atoms with Crippen LogP contribution in [0.1, 0.15) is 0 Å². The molecule has 1 N–H and O–H groups in total. The van der Waals surface area contributed by atoms with Crippen molar-refractivity contribution in [3.8, 4) is 22.5 Å². The van der Waals surface area contributed by atoms with Crippen molar-refractivity contribution in [2.75, 3.05) is 0 Å². The minimum absolute atomic E-state index is 0.463. The monoisotopic (exact) mass is 330 g/mol. The molecule has 0 saturated heterocycles. The molecule has 0 aliphatic carbocycles. The zero-order valence-corrected chi connectivity index (χ0v) is 12.6. The Labute approximate surface area is 134 Å². The highest BCUT2D eigenvalue weighted by molar-refractivity contribution is 6.43. The fourth-order valence-corrected chi connectivity index (χ4v) is 2.79. The molecule has 0 amide bonds. The van der Waals surface area contributed by atoms with Crippen LogP contribution in [0.15, 0.2) is 47.6 Å². The molecule has 22 heavy (non-hydrogen) atoms. The van der Waals surface area contributed by atoms with Gasteiger partial charge in [-0.3, -0.25) is 0 Å². The number of H-pyrrole nitrogens is 1. The number of hydrogen-bond acceptors (Lipinski definition) is 4. The van der Waals surface area contributed by atoms with E-state index in [2.05, 4.69) is 20.1 Å². The molecule has 4 aromatic rings. The van der Waals surface area contributed by atoms with E-state index in [1.807, 2.05) is 18.3 Å². The maximum absolute atomic E-state index is 6.30. The number of fused-ring (bicyclic) bond motifs is 1. The van der Waals surface area contributed by atoms with Gasteiger partial charge < -0.3 is 9.51 Å². The summed E-state index contributed by atoms with van der Waals surface area (Å²) in [5.41, 5.74) is 3.07. The number of aromatic amines is 1. The van der Waals surface area contributed by atoms with E-state index in [1.165, 1.54) is 6.33 Å². The summed E-state index contributed by atoms with van der Waals surface area (Å²) in [5.74, 6) is 0.588. The molecule has 0 bridgehead atoms. The molecule has 4 rings (SSSR count). The van der Waals surface area contributed by atoms with Crippen LogP contribution in [-0.4, -0.2) is 20.1 Å². The summed E-state index contributed by atoms with van der Waals surface area (Å²) in [6.07, 6.45) is 6.63. The molecular formula is C15H8Cl2N4O. The summed E-state index contributed by atoms with van der Waals surface area (Å²) in [4.78, 5) is 11.3. The largest absolute Gasteiger partial charge is 0.356 e. The smallest absolute Gasteiger partial charge is 0.176 e. The maximum Gasteiger partial charge on any atom is 0.176 e. The molecule has 3 heterocycles. The first-order valence-corrected chi connectivity index (χ1v) is 7.18. The summed E-state index contributed by atoms with van der Waals surface area (Å²) in [5, 5.41) is 5.69. The second kappa shape index (κ2) is 5.12. The minimum Gasteiger partial charge on any atom is -0.356 e. The maximum atomic E-state index is 6.30. The number of halogens is 2. The molecule has 0 spiro atoms. The number of aromatic nitrogens is 4. The topological polar surface area (TPSA) is 67.6 Å². The van der Waals surface area contributed by atoms with Gasteiger partial charge in [-0.15, -0.1) is 0 Å². The highest BCUT2D eigenvalue weighted by Crippen LogP contribution is 2.40. The number of hydrogen-bond donors (Lipinski definition) is 1. The normalized spacial score (nSPS) is 11.2. The average molecular weight is 331 g/mol. The minimum atomic E-state index is 0.463. The van der Waals surface area contributed by atoms with Crippen LogP contribution in [-0.2, 0) is 0 Å². The van der Waals surface area contributed by atoms with E-state index in [9.17, 15) is 0 Å². The van der Waals surface area contributed by atoms with Gasteiger partial charge in [-0.1, -0.05) is 40.5 Å². The van der Waals surface area contributed by atoms with Gasteiger partial charge in [0.15, 0.2) is 5.76 Å². The first kappa shape index (κ1) is 13.3. The van der Waals surface area contributed by atoms with Gasteiger partial charge in [0.05, 0.1) is 21.8 Å². The fourth-order valence-electron chi connectivity index (χ4n) is 2.39. The summed E-state index contributed by atoms with van der Waals surface area (Å²) < 4.78 is 5.44. The molecular weight excluding hydrogens is 323 g/mol. The van der Waals surface area contributed by atoms with Crippen LogP contribution < -0.4 is 0 Å². The van der Waals surface area contributed by atoms with E-state index in [0.29, 0.717) is 15.8 Å². The fraction of sp³-hybridized carbons (Fsp3) is 0. The van der Waals surface area contributed by atoms with E-state index in [-0.39, 0.29) is 0 Å². The standard InChI is InChI=1S/C15H8Cl2N4O/c16-12-3-1-2-8(13(12)17)10-6-21-22-14(10)9-5-19-15-11(9)4-18-7-20-15/h1-7H,(H,18,19,20). The van der Waals surface area contributed by atoms with E-state index in [0.717, 1.165) is 27.7 Å². The van der Waals surface area contributed by atoms with E-state index >= 15 is 0 Å². The third-order valence-electron chi connectivity index (χ3n) is 3.41. The predicted octanol–water partition coefficient (Wildman–Crippen LogP) is 4.59. The lowest BCUT2D eigenvalue weighted by atomic mass is 10.0. The lowest BCUT2D eigenvalue weighted by Gasteiger charge is -2.04. The molecule has 0 atom stereocenters. The van der Waals surface area contributed by atoms with Crippen molar-refractivity contribution >= 4 is 34.2 Å². The second-order valence-corrected chi connectivity index (χ2v) is 5.44. The molecule has 5 nitrogen and oxygen atoms in total. The molecule has 0 fully saturated rings. The lowest BCUT2D eigenvalue weighted by molar-refractivity contribution is 0.433. The first-order chi connectivity index (χ1) is 10.8. The molecule has 3 aromatic heterocycles. The van der Waals surface area contributed by atoms with Crippen LogP contribution in [0.25, 0.3) is 33.5 Å². The van der Waals surface area contributed by atoms with Crippen molar-refractivity contribution in [1.29, 1.82) is 0 Å². The third-order valence-corrected chi connectivity index (χ3v) is 4.23. The van der Waals surface area contributed by atoms with Gasteiger partial charge in [0.25, 0.3) is 0 Å². The Morgan fingerprint density at radius 2 is 1.95 bits per heavy atom. The number of nitrogens with one attached hydrogen (secondary N) is 1. The van der Waals surface area contributed by atoms with Gasteiger partial charge in [-0.25, -0.2) is 9.97 Å². The van der Waals surface area contributed by atoms with E-state index in [4.69, 9.17) is 27.7 Å². The number of nitrogens with zero attached hydrogens (tertiary/aromatic N) is 3. The van der Waals surface area contributed by atoms with Gasteiger partial charge in [0, 0.05) is 28.9 Å². The van der Waals surface area contributed by atoms with Crippen molar-refractivity contribution in [2.45, 2.75) is 0 Å². The molecule has 0 aliphatic rings. The van der Waals surface area contributed by atoms with Gasteiger partial charge >= 0.3 is 0 Å². The van der Waals surface area contributed by atoms with Crippen LogP contribution in [0.5, 0.6) is 0 Å². The average Bonchev–Trinajstić information content (AvgIpc) is 3.16. The van der Waals surface area contributed by atoms with Crippen LogP contribution in [0.2, 0.25) is 10.0 Å². The van der Waals surface area contributed by atoms with E-state index in [1.54, 1.807) is 18.5 Å². The molecule has 108 valence electrons. The van der Waals surface area contributed by atoms with Crippen LogP contribution in [0.4, 0.5) is 0 Å². The zero-order chi connectivity index (χ0) is 15.1.